The van der Waals surface area contributed by atoms with Crippen LogP contribution in [0.15, 0.2) is 203 Å². The van der Waals surface area contributed by atoms with Crippen LogP contribution in [-0.2, 0) is 51.4 Å². The molecule has 5 nitrogen and oxygen atoms in total. The molecular weight excluding hydrogens is 1170 g/mol. The van der Waals surface area contributed by atoms with Gasteiger partial charge in [0.15, 0.2) is 0 Å². The number of nitrogens with zero attached hydrogens (tertiary/aromatic N) is 4. The summed E-state index contributed by atoms with van der Waals surface area (Å²) in [4.78, 5) is 17.9. The molecule has 0 saturated carbocycles. The van der Waals surface area contributed by atoms with Crippen molar-refractivity contribution in [3.8, 4) is 0 Å². The predicted molar refractivity (Wildman–Crippen MR) is 409 cm³/mol. The molecule has 9 rings (SSSR count). The third-order valence-electron chi connectivity index (χ3n) is 12.6. The number of thiophene rings is 2. The molecule has 0 bridgehead atoms. The largest absolute Gasteiger partial charge is 0.469 e. The zero-order chi connectivity index (χ0) is 68.6. The summed E-state index contributed by atoms with van der Waals surface area (Å²) in [5.41, 5.74) is 8.27. The van der Waals surface area contributed by atoms with Gasteiger partial charge in [0.25, 0.3) is 0 Å². The predicted octanol–water partition coefficient (Wildman–Crippen LogP) is 25.9. The number of thiazole rings is 1. The molecule has 91 heavy (non-hydrogen) atoms. The van der Waals surface area contributed by atoms with E-state index >= 15 is 0 Å². The van der Waals surface area contributed by atoms with Crippen molar-refractivity contribution in [1.82, 2.24) is 19.9 Å². The van der Waals surface area contributed by atoms with Crippen LogP contribution < -0.4 is 0 Å². The molecule has 0 radical (unpaired) electrons. The summed E-state index contributed by atoms with van der Waals surface area (Å²) in [5, 5.41) is 9.78. The molecule has 0 aliphatic heterocycles. The average Bonchev–Trinajstić information content (AvgIpc) is 4.40. The van der Waals surface area contributed by atoms with E-state index in [9.17, 15) is 0 Å². The maximum Gasteiger partial charge on any atom is 0.104 e. The van der Waals surface area contributed by atoms with E-state index in [-0.39, 0.29) is 0 Å². The Hall–Kier alpha value is -5.80. The first-order chi connectivity index (χ1) is 43.5. The van der Waals surface area contributed by atoms with Gasteiger partial charge in [0, 0.05) is 66.0 Å². The summed E-state index contributed by atoms with van der Waals surface area (Å²) in [6.45, 7) is 50.3. The van der Waals surface area contributed by atoms with E-state index in [1.54, 1.807) is 28.9 Å². The Kier molecular flexibility index (Phi) is 55.7. The highest BCUT2D eigenvalue weighted by Crippen LogP contribution is 2.23. The molecule has 0 amide bonds. The van der Waals surface area contributed by atoms with Crippen LogP contribution in [-0.4, -0.2) is 19.9 Å². The van der Waals surface area contributed by atoms with Crippen LogP contribution in [0.3, 0.4) is 0 Å². The second-order valence-corrected chi connectivity index (χ2v) is 28.8. The molecule has 1 unspecified atom stereocenters. The fourth-order valence-electron chi connectivity index (χ4n) is 8.39. The fraction of sp³-hybridized carbons (Fsp3) is 0.494. The first-order valence-electron chi connectivity index (χ1n) is 34.2. The van der Waals surface area contributed by atoms with Gasteiger partial charge < -0.3 is 4.42 Å². The Morgan fingerprint density at radius 1 is 0.352 bits per heavy atom. The number of rotatable bonds is 18. The third-order valence-corrected chi connectivity index (χ3v) is 15.0. The van der Waals surface area contributed by atoms with E-state index in [4.69, 9.17) is 4.42 Å². The van der Waals surface area contributed by atoms with Crippen LogP contribution in [0.2, 0.25) is 0 Å². The molecule has 0 fully saturated rings. The SMILES string of the molecule is CC.CC.CC(C)C(C)c1ccccc1.CC(C)Cc1ccccc1.CC(C)Cc1ccccn1.CC(C)Cc1cccnc1.CC(C)Cc1ccco1.CC(C)Cc1cccs1.CC(C)Cc1ccncc1.CC(C)Cc1ccsc1.CC(C)Cc1nccs1. The lowest BCUT2D eigenvalue weighted by molar-refractivity contribution is 0.472. The van der Waals surface area contributed by atoms with Crippen molar-refractivity contribution in [3.05, 3.63) is 248 Å². The van der Waals surface area contributed by atoms with Crippen LogP contribution in [0.5, 0.6) is 0 Å². The molecule has 9 aromatic rings. The van der Waals surface area contributed by atoms with Crippen molar-refractivity contribution in [1.29, 1.82) is 0 Å². The first kappa shape index (κ1) is 87.3. The minimum absolute atomic E-state index is 0.677. The molecule has 0 aliphatic rings. The van der Waals surface area contributed by atoms with Crippen molar-refractivity contribution in [2.45, 2.75) is 217 Å². The molecule has 0 saturated heterocycles. The zero-order valence-electron chi connectivity index (χ0n) is 61.4. The number of hydrogen-bond donors (Lipinski definition) is 0. The Balaban J connectivity index is 0. The van der Waals surface area contributed by atoms with Crippen LogP contribution in [0.1, 0.15) is 214 Å². The lowest BCUT2D eigenvalue weighted by Gasteiger charge is -2.15. The van der Waals surface area contributed by atoms with Gasteiger partial charge in [-0.15, -0.1) is 22.7 Å². The van der Waals surface area contributed by atoms with E-state index in [2.05, 4.69) is 271 Å². The van der Waals surface area contributed by atoms with E-state index in [1.807, 2.05) is 112 Å². The third kappa shape index (κ3) is 54.5. The molecule has 1 atom stereocenters. The highest BCUT2D eigenvalue weighted by Gasteiger charge is 2.08. The summed E-state index contributed by atoms with van der Waals surface area (Å²) >= 11 is 5.37. The summed E-state index contributed by atoms with van der Waals surface area (Å²) in [6.07, 6.45) is 22.1. The van der Waals surface area contributed by atoms with Gasteiger partial charge in [0.1, 0.15) is 5.76 Å². The summed E-state index contributed by atoms with van der Waals surface area (Å²) in [6, 6.07) is 46.0. The number of furan rings is 1. The van der Waals surface area contributed by atoms with Gasteiger partial charge in [-0.2, -0.15) is 11.3 Å². The second-order valence-electron chi connectivity index (χ2n) is 26.0. The van der Waals surface area contributed by atoms with Gasteiger partial charge in [0.05, 0.1) is 11.3 Å². The standard InChI is InChI=1S/C11H16.C10H14.3C9H13N.C8H12O.2C8H12S.C7H11NS.2C2H6/c1-9(2)10(3)11-7-5-4-6-8-11;1-9(2)8-10-6-4-3-5-7-10;1-8(2)7-9-3-5-10-6-4-9;1-8(2)6-9-4-3-5-10-7-9;1-8(2)7-9-5-3-4-6-10-9;1-7(2)6-8-4-3-5-9-8;1-7(2)5-8-3-4-9-6-8;1-7(2)6-8-4-3-5-9-8;1-6(2)5-7-8-3-4-9-7;2*1-2/h4-10H,1-3H3;3-7,9H,8H2,1-2H3;3-6,8H,7H2,1-2H3;3-5,7-8H,6H2,1-2H3;3-6,8H,7H2,1-2H3;3-5,7H,6H2,1-2H3;3-4,6-7H,5H2,1-2H3;3-5,7H,6H2,1-2H3;3-4,6H,5H2,1-2H3;2*1-2H3. The molecule has 8 heteroatoms. The highest BCUT2D eigenvalue weighted by atomic mass is 32.1. The first-order valence-corrected chi connectivity index (χ1v) is 36.9. The smallest absolute Gasteiger partial charge is 0.104 e. The normalized spacial score (nSPS) is 10.5. The van der Waals surface area contributed by atoms with Gasteiger partial charge >= 0.3 is 0 Å². The van der Waals surface area contributed by atoms with Gasteiger partial charge in [-0.05, 0) is 196 Å². The van der Waals surface area contributed by atoms with E-state index < -0.39 is 0 Å². The van der Waals surface area contributed by atoms with Gasteiger partial charge in [-0.1, -0.05) is 238 Å². The lowest BCUT2D eigenvalue weighted by atomic mass is 9.91. The maximum absolute atomic E-state index is 5.14. The number of aromatic nitrogens is 4. The lowest BCUT2D eigenvalue weighted by Crippen LogP contribution is -2.00. The molecule has 7 heterocycles. The number of benzene rings is 2. The average molecular weight is 1290 g/mol. The Morgan fingerprint density at radius 3 is 1.30 bits per heavy atom. The van der Waals surface area contributed by atoms with E-state index in [1.165, 1.54) is 62.7 Å². The van der Waals surface area contributed by atoms with Crippen LogP contribution >= 0.6 is 34.0 Å². The van der Waals surface area contributed by atoms with Crippen molar-refractivity contribution >= 4 is 34.0 Å². The molecule has 2 aromatic carbocycles. The summed E-state index contributed by atoms with van der Waals surface area (Å²) < 4.78 is 5.14. The summed E-state index contributed by atoms with van der Waals surface area (Å²) in [5.74, 6) is 8.44. The van der Waals surface area contributed by atoms with Gasteiger partial charge in [0.2, 0.25) is 0 Å². The molecule has 0 spiro atoms. The van der Waals surface area contributed by atoms with Crippen molar-refractivity contribution in [2.24, 2.45) is 53.3 Å². The molecule has 0 N–H and O–H groups in total. The van der Waals surface area contributed by atoms with Crippen molar-refractivity contribution in [2.75, 3.05) is 0 Å². The maximum atomic E-state index is 5.14. The minimum Gasteiger partial charge on any atom is -0.469 e. The molecular formula is C83H128N4OS3. The molecule has 7 aromatic heterocycles. The van der Waals surface area contributed by atoms with E-state index in [0.29, 0.717) is 17.8 Å². The Morgan fingerprint density at radius 2 is 0.868 bits per heavy atom. The zero-order valence-corrected chi connectivity index (χ0v) is 63.9. The fourth-order valence-corrected chi connectivity index (χ4v) is 10.8. The monoisotopic (exact) mass is 1290 g/mol. The second kappa shape index (κ2) is 58.1. The molecule has 504 valence electrons. The van der Waals surface area contributed by atoms with Gasteiger partial charge in [-0.25, -0.2) is 4.98 Å². The van der Waals surface area contributed by atoms with Crippen LogP contribution in [0, 0.1) is 53.3 Å². The van der Waals surface area contributed by atoms with Gasteiger partial charge in [-0.3, -0.25) is 15.0 Å². The number of hydrogen-bond acceptors (Lipinski definition) is 8. The quantitative estimate of drug-likeness (QED) is 0.0856. The minimum atomic E-state index is 0.677. The van der Waals surface area contributed by atoms with Crippen LogP contribution in [0.4, 0.5) is 0 Å². The highest BCUT2D eigenvalue weighted by molar-refractivity contribution is 7.10. The van der Waals surface area contributed by atoms with E-state index in [0.717, 1.165) is 79.3 Å². The topological polar surface area (TPSA) is 64.7 Å². The summed E-state index contributed by atoms with van der Waals surface area (Å²) in [7, 11) is 0. The Bertz CT molecular complexity index is 2430. The Labute approximate surface area is 572 Å². The van der Waals surface area contributed by atoms with Crippen molar-refractivity contribution in [3.63, 3.8) is 0 Å². The van der Waals surface area contributed by atoms with Crippen molar-refractivity contribution < 1.29 is 4.42 Å². The molecule has 0 aliphatic carbocycles. The number of pyridine rings is 3. The van der Waals surface area contributed by atoms with Crippen LogP contribution in [0.25, 0.3) is 0 Å².